The van der Waals surface area contributed by atoms with Crippen LogP contribution >= 0.6 is 0 Å². The van der Waals surface area contributed by atoms with E-state index >= 15 is 0 Å². The first-order chi connectivity index (χ1) is 11.9. The van der Waals surface area contributed by atoms with Crippen molar-refractivity contribution < 1.29 is 14.3 Å². The molecule has 0 saturated carbocycles. The lowest BCUT2D eigenvalue weighted by atomic mass is 9.97. The van der Waals surface area contributed by atoms with Crippen molar-refractivity contribution in [2.75, 3.05) is 6.61 Å². The molecule has 136 valence electrons. The van der Waals surface area contributed by atoms with Crippen molar-refractivity contribution in [3.63, 3.8) is 0 Å². The topological polar surface area (TPSA) is 56.5 Å². The molecule has 1 fully saturated rings. The van der Waals surface area contributed by atoms with Gasteiger partial charge in [-0.1, -0.05) is 0 Å². The van der Waals surface area contributed by atoms with Crippen molar-refractivity contribution in [1.82, 2.24) is 14.0 Å². The number of nitrogens with zero attached hydrogens (tertiary/aromatic N) is 3. The molecule has 6 heteroatoms. The first-order valence-electron chi connectivity index (χ1n) is 9.06. The van der Waals surface area contributed by atoms with Crippen LogP contribution in [0, 0.1) is 0 Å². The molecule has 2 atom stereocenters. The fourth-order valence-electron chi connectivity index (χ4n) is 3.94. The van der Waals surface area contributed by atoms with Crippen molar-refractivity contribution in [2.45, 2.75) is 58.7 Å². The quantitative estimate of drug-likeness (QED) is 0.801. The number of rotatable bonds is 4. The van der Waals surface area contributed by atoms with E-state index in [1.54, 1.807) is 11.5 Å². The standard InChI is InChI=1S/C19H27N3O3/c1-5-25-19(24)17-11-16-15(9-10-20(16)4)21(17)12-18(23)22-13(2)7-6-8-14(22)3/h9-11,13-14H,5-8,12H2,1-4H3/t13-,14-/m0/s1. The van der Waals surface area contributed by atoms with Crippen LogP contribution in [-0.4, -0.2) is 44.6 Å². The third-order valence-corrected chi connectivity index (χ3v) is 5.21. The molecule has 6 nitrogen and oxygen atoms in total. The lowest BCUT2D eigenvalue weighted by Gasteiger charge is -2.39. The van der Waals surface area contributed by atoms with Gasteiger partial charge in [0.1, 0.15) is 12.2 Å². The van der Waals surface area contributed by atoms with Gasteiger partial charge < -0.3 is 18.8 Å². The Labute approximate surface area is 148 Å². The summed E-state index contributed by atoms with van der Waals surface area (Å²) in [7, 11) is 1.93. The minimum absolute atomic E-state index is 0.0617. The number of amides is 1. The third kappa shape index (κ3) is 3.17. The van der Waals surface area contributed by atoms with Gasteiger partial charge in [-0.05, 0) is 52.2 Å². The number of aryl methyl sites for hydroxylation is 1. The average Bonchev–Trinajstić information content (AvgIpc) is 3.08. The highest BCUT2D eigenvalue weighted by atomic mass is 16.5. The van der Waals surface area contributed by atoms with Gasteiger partial charge >= 0.3 is 5.97 Å². The summed E-state index contributed by atoms with van der Waals surface area (Å²) < 4.78 is 8.93. The number of esters is 1. The molecule has 25 heavy (non-hydrogen) atoms. The van der Waals surface area contributed by atoms with E-state index in [9.17, 15) is 9.59 Å². The van der Waals surface area contributed by atoms with E-state index in [1.807, 2.05) is 34.8 Å². The fourth-order valence-corrected chi connectivity index (χ4v) is 3.94. The minimum Gasteiger partial charge on any atom is -0.461 e. The lowest BCUT2D eigenvalue weighted by Crippen LogP contribution is -2.48. The Balaban J connectivity index is 1.95. The molecule has 2 aromatic rings. The van der Waals surface area contributed by atoms with Crippen molar-refractivity contribution in [1.29, 1.82) is 0 Å². The normalized spacial score (nSPS) is 20.9. The zero-order valence-corrected chi connectivity index (χ0v) is 15.5. The predicted molar refractivity (Wildman–Crippen MR) is 96.5 cm³/mol. The molecule has 1 amide bonds. The SMILES string of the molecule is CCOC(=O)c1cc2c(ccn2C)n1CC(=O)N1[C@@H](C)CCC[C@@H]1C. The smallest absolute Gasteiger partial charge is 0.355 e. The Kier molecular flexibility index (Phi) is 4.88. The molecule has 0 bridgehead atoms. The average molecular weight is 345 g/mol. The number of hydrogen-bond acceptors (Lipinski definition) is 3. The van der Waals surface area contributed by atoms with E-state index < -0.39 is 0 Å². The number of piperidine rings is 1. The Morgan fingerprint density at radius 2 is 1.88 bits per heavy atom. The number of likely N-dealkylation sites (tertiary alicyclic amines) is 1. The second kappa shape index (κ2) is 6.94. The molecule has 1 aliphatic rings. The summed E-state index contributed by atoms with van der Waals surface area (Å²) in [6.07, 6.45) is 5.17. The van der Waals surface area contributed by atoms with Gasteiger partial charge in [0, 0.05) is 25.3 Å². The molecule has 0 spiro atoms. The molecule has 1 saturated heterocycles. The summed E-state index contributed by atoms with van der Waals surface area (Å²) >= 11 is 0. The van der Waals surface area contributed by atoms with E-state index in [0.717, 1.165) is 30.3 Å². The summed E-state index contributed by atoms with van der Waals surface area (Å²) in [5.41, 5.74) is 2.25. The van der Waals surface area contributed by atoms with Crippen LogP contribution in [0.25, 0.3) is 11.0 Å². The molecule has 0 N–H and O–H groups in total. The first-order valence-corrected chi connectivity index (χ1v) is 9.06. The predicted octanol–water partition coefficient (Wildman–Crippen LogP) is 2.95. The van der Waals surface area contributed by atoms with E-state index in [4.69, 9.17) is 4.74 Å². The van der Waals surface area contributed by atoms with E-state index in [-0.39, 0.29) is 30.5 Å². The number of carbonyl (C=O) groups is 2. The molecular weight excluding hydrogens is 318 g/mol. The van der Waals surface area contributed by atoms with Crippen molar-refractivity contribution in [3.05, 3.63) is 24.0 Å². The summed E-state index contributed by atoms with van der Waals surface area (Å²) in [4.78, 5) is 27.3. The van der Waals surface area contributed by atoms with Gasteiger partial charge in [-0.15, -0.1) is 0 Å². The summed E-state index contributed by atoms with van der Waals surface area (Å²) in [5.74, 6) is -0.321. The maximum Gasteiger partial charge on any atom is 0.355 e. The monoisotopic (exact) mass is 345 g/mol. The van der Waals surface area contributed by atoms with E-state index in [1.165, 1.54) is 0 Å². The molecular formula is C19H27N3O3. The highest BCUT2D eigenvalue weighted by molar-refractivity contribution is 5.96. The van der Waals surface area contributed by atoms with Crippen molar-refractivity contribution in [2.24, 2.45) is 7.05 Å². The molecule has 2 aromatic heterocycles. The van der Waals surface area contributed by atoms with Crippen molar-refractivity contribution >= 4 is 22.9 Å². The molecule has 3 heterocycles. The van der Waals surface area contributed by atoms with Gasteiger partial charge in [0.25, 0.3) is 0 Å². The summed E-state index contributed by atoms with van der Waals surface area (Å²) in [6.45, 7) is 6.47. The minimum atomic E-state index is -0.383. The lowest BCUT2D eigenvalue weighted by molar-refractivity contribution is -0.137. The van der Waals surface area contributed by atoms with E-state index in [0.29, 0.717) is 12.3 Å². The van der Waals surface area contributed by atoms with Crippen LogP contribution in [0.5, 0.6) is 0 Å². The Hall–Kier alpha value is -2.24. The van der Waals surface area contributed by atoms with Gasteiger partial charge in [-0.25, -0.2) is 4.79 Å². The maximum atomic E-state index is 13.0. The van der Waals surface area contributed by atoms with Gasteiger partial charge in [-0.2, -0.15) is 0 Å². The second-order valence-corrected chi connectivity index (χ2v) is 6.96. The first kappa shape index (κ1) is 17.6. The second-order valence-electron chi connectivity index (χ2n) is 6.96. The Morgan fingerprint density at radius 3 is 2.52 bits per heavy atom. The highest BCUT2D eigenvalue weighted by Gasteiger charge is 2.30. The van der Waals surface area contributed by atoms with Gasteiger partial charge in [0.2, 0.25) is 5.91 Å². The molecule has 0 aliphatic carbocycles. The zero-order valence-electron chi connectivity index (χ0n) is 15.5. The third-order valence-electron chi connectivity index (χ3n) is 5.21. The molecule has 0 unspecified atom stereocenters. The molecule has 0 aromatic carbocycles. The van der Waals surface area contributed by atoms with Crippen LogP contribution in [0.3, 0.4) is 0 Å². The maximum absolute atomic E-state index is 13.0. The Morgan fingerprint density at radius 1 is 1.20 bits per heavy atom. The molecule has 0 radical (unpaired) electrons. The van der Waals surface area contributed by atoms with Crippen LogP contribution < -0.4 is 0 Å². The largest absolute Gasteiger partial charge is 0.461 e. The van der Waals surface area contributed by atoms with Crippen LogP contribution in [0.15, 0.2) is 18.3 Å². The molecule has 1 aliphatic heterocycles. The number of aromatic nitrogens is 2. The Bertz CT molecular complexity index is 779. The number of hydrogen-bond donors (Lipinski definition) is 0. The highest BCUT2D eigenvalue weighted by Crippen LogP contribution is 2.25. The molecule has 3 rings (SSSR count). The van der Waals surface area contributed by atoms with Crippen LogP contribution in [0.4, 0.5) is 0 Å². The van der Waals surface area contributed by atoms with Gasteiger partial charge in [0.15, 0.2) is 0 Å². The fraction of sp³-hybridized carbons (Fsp3) is 0.579. The van der Waals surface area contributed by atoms with Crippen LogP contribution in [-0.2, 0) is 23.1 Å². The number of carbonyl (C=O) groups excluding carboxylic acids is 2. The van der Waals surface area contributed by atoms with Crippen LogP contribution in [0.2, 0.25) is 0 Å². The summed E-state index contributed by atoms with van der Waals surface area (Å²) in [6, 6.07) is 4.23. The van der Waals surface area contributed by atoms with E-state index in [2.05, 4.69) is 13.8 Å². The van der Waals surface area contributed by atoms with Crippen LogP contribution in [0.1, 0.15) is 50.5 Å². The van der Waals surface area contributed by atoms with Gasteiger partial charge in [0.05, 0.1) is 17.6 Å². The number of ether oxygens (including phenoxy) is 1. The summed E-state index contributed by atoms with van der Waals surface area (Å²) in [5, 5.41) is 0. The number of fused-ring (bicyclic) bond motifs is 1. The van der Waals surface area contributed by atoms with Gasteiger partial charge in [-0.3, -0.25) is 4.79 Å². The zero-order chi connectivity index (χ0) is 18.1. The van der Waals surface area contributed by atoms with Crippen molar-refractivity contribution in [3.8, 4) is 0 Å².